The van der Waals surface area contributed by atoms with Crippen molar-refractivity contribution >= 4 is 0 Å². The van der Waals surface area contributed by atoms with E-state index in [9.17, 15) is 0 Å². The molecule has 2 rings (SSSR count). The van der Waals surface area contributed by atoms with Crippen LogP contribution in [0.3, 0.4) is 0 Å². The number of benzene rings is 1. The van der Waals surface area contributed by atoms with Crippen molar-refractivity contribution in [2.45, 2.75) is 18.8 Å². The lowest BCUT2D eigenvalue weighted by Gasteiger charge is -2.30. The average Bonchev–Trinajstić information content (AvgIpc) is 2.32. The molecular weight excluding hydrogens is 182 g/mol. The van der Waals surface area contributed by atoms with E-state index >= 15 is 0 Å². The van der Waals surface area contributed by atoms with E-state index in [2.05, 4.69) is 41.2 Å². The van der Waals surface area contributed by atoms with Crippen LogP contribution in [0.2, 0.25) is 0 Å². The molecule has 1 aromatic carbocycles. The summed E-state index contributed by atoms with van der Waals surface area (Å²) in [5.74, 6) is 3.45. The molecule has 78 valence electrons. The van der Waals surface area contributed by atoms with Crippen LogP contribution in [0.5, 0.6) is 0 Å². The Bertz CT molecular complexity index is 328. The van der Waals surface area contributed by atoms with Crippen LogP contribution < -0.4 is 0 Å². The van der Waals surface area contributed by atoms with E-state index in [0.717, 1.165) is 25.6 Å². The van der Waals surface area contributed by atoms with E-state index in [1.54, 1.807) is 0 Å². The van der Waals surface area contributed by atoms with Gasteiger partial charge < -0.3 is 0 Å². The zero-order valence-corrected chi connectivity index (χ0v) is 9.02. The SMILES string of the molecule is C#CCN1CCC(c2ccccc2)CC1. The van der Waals surface area contributed by atoms with Crippen molar-refractivity contribution in [2.24, 2.45) is 0 Å². The van der Waals surface area contributed by atoms with Gasteiger partial charge in [0.2, 0.25) is 0 Å². The van der Waals surface area contributed by atoms with Gasteiger partial charge in [-0.25, -0.2) is 0 Å². The average molecular weight is 199 g/mol. The highest BCUT2D eigenvalue weighted by atomic mass is 15.1. The van der Waals surface area contributed by atoms with Crippen molar-refractivity contribution in [1.82, 2.24) is 4.90 Å². The van der Waals surface area contributed by atoms with E-state index in [-0.39, 0.29) is 0 Å². The quantitative estimate of drug-likeness (QED) is 0.661. The van der Waals surface area contributed by atoms with Crippen molar-refractivity contribution in [3.8, 4) is 12.3 Å². The van der Waals surface area contributed by atoms with Crippen molar-refractivity contribution in [2.75, 3.05) is 19.6 Å². The first-order chi connectivity index (χ1) is 7.40. The van der Waals surface area contributed by atoms with Crippen molar-refractivity contribution in [3.63, 3.8) is 0 Å². The Morgan fingerprint density at radius 3 is 2.47 bits per heavy atom. The zero-order chi connectivity index (χ0) is 10.5. The van der Waals surface area contributed by atoms with Gasteiger partial charge in [-0.1, -0.05) is 36.3 Å². The molecule has 0 atom stereocenters. The number of piperidine rings is 1. The van der Waals surface area contributed by atoms with Crippen LogP contribution >= 0.6 is 0 Å². The van der Waals surface area contributed by atoms with Crippen molar-refractivity contribution < 1.29 is 0 Å². The maximum absolute atomic E-state index is 5.31. The zero-order valence-electron chi connectivity index (χ0n) is 9.02. The van der Waals surface area contributed by atoms with E-state index in [0.29, 0.717) is 0 Å². The molecule has 1 fully saturated rings. The fraction of sp³-hybridized carbons (Fsp3) is 0.429. The smallest absolute Gasteiger partial charge is 0.0598 e. The first-order valence-electron chi connectivity index (χ1n) is 5.61. The van der Waals surface area contributed by atoms with Gasteiger partial charge in [-0.15, -0.1) is 6.42 Å². The van der Waals surface area contributed by atoms with Gasteiger partial charge in [-0.05, 0) is 37.4 Å². The normalized spacial score (nSPS) is 18.6. The van der Waals surface area contributed by atoms with Crippen LogP contribution in [0, 0.1) is 12.3 Å². The molecule has 1 heterocycles. The second-order valence-electron chi connectivity index (χ2n) is 4.17. The molecule has 0 saturated carbocycles. The van der Waals surface area contributed by atoms with Gasteiger partial charge in [0, 0.05) is 0 Å². The summed E-state index contributed by atoms with van der Waals surface area (Å²) in [7, 11) is 0. The predicted octanol–water partition coefficient (Wildman–Crippen LogP) is 2.50. The lowest BCUT2D eigenvalue weighted by atomic mass is 9.89. The Hall–Kier alpha value is -1.26. The van der Waals surface area contributed by atoms with E-state index < -0.39 is 0 Å². The maximum atomic E-state index is 5.31. The van der Waals surface area contributed by atoms with Crippen molar-refractivity contribution in [3.05, 3.63) is 35.9 Å². The first-order valence-corrected chi connectivity index (χ1v) is 5.61. The number of hydrogen-bond acceptors (Lipinski definition) is 1. The first kappa shape index (κ1) is 10.3. The highest BCUT2D eigenvalue weighted by Crippen LogP contribution is 2.27. The lowest BCUT2D eigenvalue weighted by Crippen LogP contribution is -2.33. The Kier molecular flexibility index (Phi) is 3.42. The van der Waals surface area contributed by atoms with Gasteiger partial charge >= 0.3 is 0 Å². The molecule has 0 spiro atoms. The third-order valence-corrected chi connectivity index (χ3v) is 3.17. The third kappa shape index (κ3) is 2.61. The Balaban J connectivity index is 1.92. The molecule has 1 aliphatic heterocycles. The number of terminal acetylenes is 1. The molecule has 0 bridgehead atoms. The second-order valence-corrected chi connectivity index (χ2v) is 4.17. The monoisotopic (exact) mass is 199 g/mol. The predicted molar refractivity (Wildman–Crippen MR) is 63.7 cm³/mol. The van der Waals surface area contributed by atoms with Gasteiger partial charge in [-0.2, -0.15) is 0 Å². The summed E-state index contributed by atoms with van der Waals surface area (Å²) >= 11 is 0. The summed E-state index contributed by atoms with van der Waals surface area (Å²) < 4.78 is 0. The van der Waals surface area contributed by atoms with Crippen molar-refractivity contribution in [1.29, 1.82) is 0 Å². The molecular formula is C14H17N. The number of rotatable bonds is 2. The molecule has 0 radical (unpaired) electrons. The van der Waals surface area contributed by atoms with Gasteiger partial charge in [0.25, 0.3) is 0 Å². The summed E-state index contributed by atoms with van der Waals surface area (Å²) in [5.41, 5.74) is 1.48. The minimum absolute atomic E-state index is 0.736. The van der Waals surface area contributed by atoms with E-state index in [1.165, 1.54) is 18.4 Å². The Morgan fingerprint density at radius 1 is 1.20 bits per heavy atom. The Morgan fingerprint density at radius 2 is 1.87 bits per heavy atom. The molecule has 1 heteroatoms. The standard InChI is InChI=1S/C14H17N/c1-2-10-15-11-8-14(9-12-15)13-6-4-3-5-7-13/h1,3-7,14H,8-12H2. The van der Waals surface area contributed by atoms with Crippen LogP contribution in [0.4, 0.5) is 0 Å². The number of likely N-dealkylation sites (tertiary alicyclic amines) is 1. The summed E-state index contributed by atoms with van der Waals surface area (Å²) in [4.78, 5) is 2.36. The van der Waals surface area contributed by atoms with E-state index in [4.69, 9.17) is 6.42 Å². The van der Waals surface area contributed by atoms with Gasteiger partial charge in [0.05, 0.1) is 6.54 Å². The van der Waals surface area contributed by atoms with Crippen LogP contribution in [-0.2, 0) is 0 Å². The largest absolute Gasteiger partial charge is 0.292 e. The summed E-state index contributed by atoms with van der Waals surface area (Å²) in [6.07, 6.45) is 7.80. The second kappa shape index (κ2) is 5.00. The lowest BCUT2D eigenvalue weighted by molar-refractivity contribution is 0.236. The van der Waals surface area contributed by atoms with Crippen LogP contribution in [0.25, 0.3) is 0 Å². The number of nitrogens with zero attached hydrogens (tertiary/aromatic N) is 1. The van der Waals surface area contributed by atoms with Crippen LogP contribution in [0.15, 0.2) is 30.3 Å². The fourth-order valence-electron chi connectivity index (χ4n) is 2.28. The summed E-state index contributed by atoms with van der Waals surface area (Å²) in [6.45, 7) is 3.09. The molecule has 15 heavy (non-hydrogen) atoms. The molecule has 0 aliphatic carbocycles. The molecule has 0 unspecified atom stereocenters. The highest BCUT2D eigenvalue weighted by molar-refractivity contribution is 5.20. The maximum Gasteiger partial charge on any atom is 0.0598 e. The van der Waals surface area contributed by atoms with Crippen LogP contribution in [0.1, 0.15) is 24.3 Å². The molecule has 0 N–H and O–H groups in total. The minimum atomic E-state index is 0.736. The highest BCUT2D eigenvalue weighted by Gasteiger charge is 2.19. The molecule has 1 aliphatic rings. The third-order valence-electron chi connectivity index (χ3n) is 3.17. The molecule has 0 aromatic heterocycles. The van der Waals surface area contributed by atoms with E-state index in [1.807, 2.05) is 0 Å². The minimum Gasteiger partial charge on any atom is -0.292 e. The summed E-state index contributed by atoms with van der Waals surface area (Å²) in [5, 5.41) is 0. The summed E-state index contributed by atoms with van der Waals surface area (Å²) in [6, 6.07) is 10.8. The Labute approximate surface area is 92.1 Å². The molecule has 1 saturated heterocycles. The number of hydrogen-bond donors (Lipinski definition) is 0. The molecule has 1 nitrogen and oxygen atoms in total. The van der Waals surface area contributed by atoms with Crippen LogP contribution in [-0.4, -0.2) is 24.5 Å². The molecule has 1 aromatic rings. The van der Waals surface area contributed by atoms with Gasteiger partial charge in [0.1, 0.15) is 0 Å². The molecule has 0 amide bonds. The van der Waals surface area contributed by atoms with Gasteiger partial charge in [0.15, 0.2) is 0 Å². The fourth-order valence-corrected chi connectivity index (χ4v) is 2.28. The topological polar surface area (TPSA) is 3.24 Å². The van der Waals surface area contributed by atoms with Gasteiger partial charge in [-0.3, -0.25) is 4.90 Å².